The van der Waals surface area contributed by atoms with Crippen LogP contribution in [0.25, 0.3) is 0 Å². The van der Waals surface area contributed by atoms with Crippen molar-refractivity contribution in [1.29, 1.82) is 0 Å². The number of aliphatic hydroxyl groups excluding tert-OH is 1. The first kappa shape index (κ1) is 143. The molecule has 131 heavy (non-hydrogen) atoms. The lowest BCUT2D eigenvalue weighted by molar-refractivity contribution is -0.135. The van der Waals surface area contributed by atoms with Gasteiger partial charge < -0.3 is 38.9 Å². The van der Waals surface area contributed by atoms with Gasteiger partial charge >= 0.3 is 0 Å². The van der Waals surface area contributed by atoms with Crippen LogP contribution in [0, 0.1) is 98.6 Å². The first-order valence-electron chi connectivity index (χ1n) is 54.4. The number of aromatic nitrogens is 2. The number of aliphatic hydroxyl groups is 1. The smallest absolute Gasteiger partial charge is 0.222 e. The summed E-state index contributed by atoms with van der Waals surface area (Å²) in [7, 11) is 1.00. The molecule has 5 aliphatic heterocycles. The molecule has 6 saturated carbocycles. The number of Topliss-reactive ketones (excluding diaryl/α,β-unsaturated/α-hetero) is 3. The number of carbonyl (C=O) groups is 6. The quantitative estimate of drug-likeness (QED) is 0.0778. The molecule has 2 N–H and O–H groups in total. The standard InChI is InChI=1S/C10H19NO.2C10H18O.C9H17NO.2C9H18.C8H17NO.C8H15NO.C8H16.C7H14O.C5H10.2C5H12.C3H4N2.C3H6O.2C2H6.CH4O.2CH4/c1-9(2)8-10(12)11-6-4-3-5-7-11;2*1-8(2)6-10(4-5-10)7-9(3)11;1-8(2)7-9(11)10-5-3-4-6-10;2*1-4-9(5-6-9)7-8(2)3;1-8(2)7-9-3-5-10-6-4-9;1-7(2)6-8(10)9-4-3-5-9;1-7(2)6-8-4-3-5-8;1-4-7(8)5-6(2)3;1-2-4-5-3-1;2*1-4-5(2)3;1-2-4-5-3-1;1-2-4-3-1;3*1-2;;/h9H,3-8H2,1-2H3;2*8H,4-7H2,1-3H3;8H,3-7H2,1-2H3;2*8H,4-7H2,1-3H3;8H,3-7H2,1-2H3;7H,3-6H2,1-2H3;7-8H,3-6H2,1-2H3;6H,4-5H2,1-3H3;1-5H2;2*5H,4H2,1-3H3;1-3H,(H,4,5);1-3H2;2*1-2H3;2H,1H3;2*1H4. The maximum atomic E-state index is 11.5. The fourth-order valence-corrected chi connectivity index (χ4v) is 16.2. The molecule has 0 unspecified atom stereocenters. The molecule has 1 aromatic rings. The van der Waals surface area contributed by atoms with Crippen molar-refractivity contribution in [2.45, 2.75) is 508 Å². The van der Waals surface area contributed by atoms with E-state index >= 15 is 0 Å². The lowest BCUT2D eigenvalue weighted by Crippen LogP contribution is -2.42. The number of hydrogen-bond acceptors (Lipinski definition) is 11. The van der Waals surface area contributed by atoms with E-state index in [1.165, 1.54) is 212 Å². The highest BCUT2D eigenvalue weighted by Crippen LogP contribution is 2.55. The molecule has 0 spiro atoms. The lowest BCUT2D eigenvalue weighted by Gasteiger charge is -2.31. The van der Waals surface area contributed by atoms with Crippen molar-refractivity contribution in [3.63, 3.8) is 0 Å². The minimum Gasteiger partial charge on any atom is -0.400 e. The van der Waals surface area contributed by atoms with Crippen LogP contribution >= 0.6 is 0 Å². The monoisotopic (exact) mass is 1860 g/mol. The number of ether oxygens (including phenoxy) is 2. The number of H-pyrrole nitrogens is 1. The van der Waals surface area contributed by atoms with E-state index in [2.05, 4.69) is 209 Å². The highest BCUT2D eigenvalue weighted by Gasteiger charge is 2.45. The topological polar surface area (TPSA) is 183 Å². The number of carbonyl (C=O) groups excluding carboxylic acids is 6. The summed E-state index contributed by atoms with van der Waals surface area (Å²) in [5, 5.41) is 13.2. The molecule has 15 heteroatoms. The number of aromatic amines is 1. The van der Waals surface area contributed by atoms with Crippen LogP contribution in [0.3, 0.4) is 0 Å². The molecule has 0 atom stereocenters. The summed E-state index contributed by atoms with van der Waals surface area (Å²) in [4.78, 5) is 74.9. The number of hydrogen-bond donors (Lipinski definition) is 2. The lowest BCUT2D eigenvalue weighted by atomic mass is 9.80. The van der Waals surface area contributed by atoms with Gasteiger partial charge in [-0.2, -0.15) is 5.10 Å². The van der Waals surface area contributed by atoms with Crippen LogP contribution in [-0.2, 0) is 38.2 Å². The molecule has 12 rings (SSSR count). The van der Waals surface area contributed by atoms with E-state index in [0.717, 1.165) is 189 Å². The highest BCUT2D eigenvalue weighted by atomic mass is 16.5. The molecule has 786 valence electrons. The third kappa shape index (κ3) is 95.2. The van der Waals surface area contributed by atoms with Gasteiger partial charge in [0.1, 0.15) is 17.3 Å². The molecule has 0 aromatic carbocycles. The Morgan fingerprint density at radius 2 is 0.649 bits per heavy atom. The molecule has 15 nitrogen and oxygen atoms in total. The summed E-state index contributed by atoms with van der Waals surface area (Å²) in [6.07, 6.45) is 52.7. The number of amides is 3. The predicted molar refractivity (Wildman–Crippen MR) is 577 cm³/mol. The van der Waals surface area contributed by atoms with Gasteiger partial charge in [0.2, 0.25) is 17.7 Å². The Morgan fingerprint density at radius 3 is 0.802 bits per heavy atom. The summed E-state index contributed by atoms with van der Waals surface area (Å²) in [6.45, 7) is 88.6. The third-order valence-corrected chi connectivity index (χ3v) is 24.7. The average molecular weight is 1860 g/mol. The van der Waals surface area contributed by atoms with Crippen molar-refractivity contribution < 1.29 is 43.3 Å². The molecule has 1 aromatic heterocycles. The van der Waals surface area contributed by atoms with E-state index in [0.29, 0.717) is 76.0 Å². The zero-order valence-corrected chi connectivity index (χ0v) is 93.5. The molecule has 6 aliphatic carbocycles. The van der Waals surface area contributed by atoms with Gasteiger partial charge in [-0.05, 0) is 247 Å². The highest BCUT2D eigenvalue weighted by molar-refractivity contribution is 5.79. The second-order valence-electron chi connectivity index (χ2n) is 44.2. The third-order valence-electron chi connectivity index (χ3n) is 24.7. The van der Waals surface area contributed by atoms with E-state index in [1.807, 2.05) is 55.4 Å². The Labute approximate surface area is 820 Å². The van der Waals surface area contributed by atoms with Gasteiger partial charge in [-0.25, -0.2) is 0 Å². The van der Waals surface area contributed by atoms with Crippen LogP contribution in [0.2, 0.25) is 0 Å². The van der Waals surface area contributed by atoms with Crippen LogP contribution in [-0.4, -0.2) is 162 Å². The fraction of sp³-hybridized carbons (Fsp3) is 0.922. The van der Waals surface area contributed by atoms with E-state index in [-0.39, 0.29) is 14.9 Å². The number of rotatable bonds is 29. The van der Waals surface area contributed by atoms with E-state index in [1.54, 1.807) is 26.2 Å². The maximum absolute atomic E-state index is 11.5. The summed E-state index contributed by atoms with van der Waals surface area (Å²) in [5.41, 5.74) is 2.52. The van der Waals surface area contributed by atoms with Crippen molar-refractivity contribution >= 4 is 35.1 Å². The van der Waals surface area contributed by atoms with E-state index in [9.17, 15) is 28.8 Å². The Hall–Kier alpha value is -3.53. The molecule has 11 aliphatic rings. The van der Waals surface area contributed by atoms with Crippen molar-refractivity contribution in [3.8, 4) is 0 Å². The van der Waals surface area contributed by atoms with Crippen LogP contribution in [0.5, 0.6) is 0 Å². The van der Waals surface area contributed by atoms with Crippen molar-refractivity contribution in [2.75, 3.05) is 92.4 Å². The van der Waals surface area contributed by atoms with E-state index < -0.39 is 0 Å². The van der Waals surface area contributed by atoms with Crippen LogP contribution in [0.15, 0.2) is 18.5 Å². The normalized spacial score (nSPS) is 17.5. The molecular weight excluding hydrogens is 1620 g/mol. The number of piperidine rings is 1. The van der Waals surface area contributed by atoms with Crippen molar-refractivity contribution in [1.82, 2.24) is 29.8 Å². The van der Waals surface area contributed by atoms with Crippen molar-refractivity contribution in [2.24, 2.45) is 98.6 Å². The van der Waals surface area contributed by atoms with Gasteiger partial charge in [-0.3, -0.25) is 29.2 Å². The summed E-state index contributed by atoms with van der Waals surface area (Å²) < 4.78 is 9.96. The number of likely N-dealkylation sites (tertiary alicyclic amines) is 3. The molecule has 0 radical (unpaired) electrons. The summed E-state index contributed by atoms with van der Waals surface area (Å²) in [5.74, 6) is 12.1. The predicted octanol–water partition coefficient (Wildman–Crippen LogP) is 32.6. The zero-order valence-electron chi connectivity index (χ0n) is 93.5. The van der Waals surface area contributed by atoms with E-state index in [4.69, 9.17) is 14.6 Å². The van der Waals surface area contributed by atoms with Gasteiger partial charge in [-0.1, -0.05) is 320 Å². The Kier molecular flexibility index (Phi) is 98.5. The Bertz CT molecular complexity index is 2510. The Balaban J connectivity index is -0.000000207. The molecular formula is C116H238N6O9. The van der Waals surface area contributed by atoms with Crippen molar-refractivity contribution in [3.05, 3.63) is 18.5 Å². The summed E-state index contributed by atoms with van der Waals surface area (Å²) >= 11 is 0. The molecule has 0 bridgehead atoms. The first-order chi connectivity index (χ1) is 60.8. The minimum absolute atomic E-state index is 0. The molecule has 3 amide bonds. The van der Waals surface area contributed by atoms with Crippen LogP contribution in [0.4, 0.5) is 0 Å². The van der Waals surface area contributed by atoms with Gasteiger partial charge in [0.15, 0.2) is 0 Å². The number of ketones is 3. The molecule has 6 heterocycles. The number of morpholine rings is 1. The SMILES string of the molecule is C.C.C1CCCC1.C1COC1.CC.CC.CC(=O)CC1(CC(C)C)CC1.CC(=O)CC1(CC(C)C)CC1.CC(C)CC(=O)N1CCC1.CC(C)CC(=O)N1CCCC1.CC(C)CC(=O)N1CCCCC1.CC(C)CC1CCC1.CC(C)CN1CCOCC1.CCC(=O)CC(C)C.CCC(C)C.CCC(C)C.CCC1(CC(C)C)CC1.CCC1(CC(C)C)CC1.CO.c1cn[nH]c1. The molecule has 11 fully saturated rings. The fourth-order valence-electron chi connectivity index (χ4n) is 16.2. The van der Waals surface area contributed by atoms with Crippen LogP contribution < -0.4 is 0 Å². The second-order valence-corrected chi connectivity index (χ2v) is 44.2. The largest absolute Gasteiger partial charge is 0.400 e. The van der Waals surface area contributed by atoms with Gasteiger partial charge in [0, 0.05) is 137 Å². The van der Waals surface area contributed by atoms with Crippen LogP contribution in [0.1, 0.15) is 508 Å². The molecule has 5 saturated heterocycles. The first-order valence-corrected chi connectivity index (χ1v) is 54.4. The zero-order chi connectivity index (χ0) is 100.0. The number of nitrogens with zero attached hydrogens (tertiary/aromatic N) is 5. The average Bonchev–Trinajstić information content (AvgIpc) is 1.61. The van der Waals surface area contributed by atoms with Gasteiger partial charge in [-0.15, -0.1) is 0 Å². The minimum atomic E-state index is 0. The van der Waals surface area contributed by atoms with Gasteiger partial charge in [0.05, 0.1) is 13.2 Å². The Morgan fingerprint density at radius 1 is 0.366 bits per heavy atom. The summed E-state index contributed by atoms with van der Waals surface area (Å²) in [6, 6.07) is 1.83. The second kappa shape index (κ2) is 90.3. The number of nitrogens with one attached hydrogen (secondary N) is 1. The maximum Gasteiger partial charge on any atom is 0.222 e. The van der Waals surface area contributed by atoms with Gasteiger partial charge in [0.25, 0.3) is 0 Å².